The summed E-state index contributed by atoms with van der Waals surface area (Å²) in [6.07, 6.45) is 4.44. The average molecular weight is 355 g/mol. The molecule has 1 rings (SSSR count). The number of sulfone groups is 1. The molecule has 134 valence electrons. The van der Waals surface area contributed by atoms with E-state index in [0.717, 1.165) is 25.5 Å². The van der Waals surface area contributed by atoms with Gasteiger partial charge in [0, 0.05) is 11.8 Å². The zero-order chi connectivity index (χ0) is 18.3. The molecule has 0 aliphatic rings. The number of carbonyl (C=O) groups is 1. The highest BCUT2D eigenvalue weighted by Crippen LogP contribution is 2.29. The molecule has 0 heterocycles. The summed E-state index contributed by atoms with van der Waals surface area (Å²) in [6, 6.07) is 2.87. The Hall–Kier alpha value is -2.09. The summed E-state index contributed by atoms with van der Waals surface area (Å²) in [6.45, 7) is 4.34. The minimum atomic E-state index is -3.57. The highest BCUT2D eigenvalue weighted by Gasteiger charge is 2.21. The number of nitrogens with two attached hydrogens (primary N) is 2. The van der Waals surface area contributed by atoms with Gasteiger partial charge >= 0.3 is 0 Å². The maximum Gasteiger partial charge on any atom is 0.280 e. The maximum absolute atomic E-state index is 12.1. The highest BCUT2D eigenvalue weighted by atomic mass is 32.2. The molecule has 0 saturated heterocycles. The van der Waals surface area contributed by atoms with Gasteiger partial charge in [-0.3, -0.25) is 4.79 Å². The molecular weight excluding hydrogens is 330 g/mol. The molecule has 0 atom stereocenters. The van der Waals surface area contributed by atoms with Crippen molar-refractivity contribution in [3.8, 4) is 5.75 Å². The zero-order valence-corrected chi connectivity index (χ0v) is 15.1. The van der Waals surface area contributed by atoms with Crippen LogP contribution in [0.4, 0.5) is 0 Å². The van der Waals surface area contributed by atoms with Crippen LogP contribution in [0.3, 0.4) is 0 Å². The van der Waals surface area contributed by atoms with E-state index in [1.807, 2.05) is 6.92 Å². The first-order valence-corrected chi connectivity index (χ1v) is 9.73. The molecule has 24 heavy (non-hydrogen) atoms. The van der Waals surface area contributed by atoms with Crippen LogP contribution in [-0.2, 0) is 16.3 Å². The summed E-state index contributed by atoms with van der Waals surface area (Å²) >= 11 is 0. The van der Waals surface area contributed by atoms with Gasteiger partial charge in [-0.25, -0.2) is 8.42 Å². The van der Waals surface area contributed by atoms with E-state index < -0.39 is 15.7 Å². The molecule has 0 aromatic heterocycles. The number of benzene rings is 1. The molecule has 0 bridgehead atoms. The lowest BCUT2D eigenvalue weighted by atomic mass is 10.0. The van der Waals surface area contributed by atoms with Crippen molar-refractivity contribution in [2.45, 2.75) is 44.4 Å². The van der Waals surface area contributed by atoms with Crippen molar-refractivity contribution in [3.05, 3.63) is 23.3 Å². The third-order valence-corrected chi connectivity index (χ3v) is 4.53. The molecule has 0 aliphatic carbocycles. The molecule has 8 heteroatoms. The van der Waals surface area contributed by atoms with Gasteiger partial charge in [0.2, 0.25) is 0 Å². The summed E-state index contributed by atoms with van der Waals surface area (Å²) in [5.41, 5.74) is 11.3. The first kappa shape index (κ1) is 20.0. The van der Waals surface area contributed by atoms with Crippen molar-refractivity contribution >= 4 is 21.7 Å². The lowest BCUT2D eigenvalue weighted by molar-refractivity contribution is 0.100. The van der Waals surface area contributed by atoms with Crippen LogP contribution < -0.4 is 16.2 Å². The number of guanidine groups is 1. The number of rotatable bonds is 8. The van der Waals surface area contributed by atoms with Gasteiger partial charge in [0.25, 0.3) is 5.91 Å². The monoisotopic (exact) mass is 355 g/mol. The molecule has 1 amide bonds. The molecule has 1 aromatic carbocycles. The minimum Gasteiger partial charge on any atom is -0.492 e. The second-order valence-corrected chi connectivity index (χ2v) is 7.46. The van der Waals surface area contributed by atoms with Crippen molar-refractivity contribution in [1.82, 2.24) is 0 Å². The molecule has 0 saturated carbocycles. The summed E-state index contributed by atoms with van der Waals surface area (Å²) in [7, 11) is -3.57. The van der Waals surface area contributed by atoms with Gasteiger partial charge in [0.15, 0.2) is 15.8 Å². The third-order valence-electron chi connectivity index (χ3n) is 3.42. The van der Waals surface area contributed by atoms with Gasteiger partial charge in [0.05, 0.1) is 6.61 Å². The molecule has 0 aliphatic heterocycles. The maximum atomic E-state index is 12.1. The standard InChI is InChI=1S/C16H25N3O4S/c1-4-6-7-8-23-13-9-11(5-2)12(15(20)19-16(17)18)10-14(13)24(3,21)22/h9-10H,4-8H2,1-3H3,(H4,17,18,19,20). The molecule has 0 spiro atoms. The average Bonchev–Trinajstić information content (AvgIpc) is 2.49. The van der Waals surface area contributed by atoms with Crippen LogP contribution in [0, 0.1) is 0 Å². The van der Waals surface area contributed by atoms with Crippen molar-refractivity contribution in [1.29, 1.82) is 0 Å². The summed E-state index contributed by atoms with van der Waals surface area (Å²) < 4.78 is 29.8. The smallest absolute Gasteiger partial charge is 0.280 e. The predicted molar refractivity (Wildman–Crippen MR) is 94.1 cm³/mol. The predicted octanol–water partition coefficient (Wildman–Crippen LogP) is 1.64. The topological polar surface area (TPSA) is 125 Å². The lowest BCUT2D eigenvalue weighted by Crippen LogP contribution is -2.24. The largest absolute Gasteiger partial charge is 0.492 e. The van der Waals surface area contributed by atoms with Crippen molar-refractivity contribution in [3.63, 3.8) is 0 Å². The van der Waals surface area contributed by atoms with Gasteiger partial charge in [-0.1, -0.05) is 26.7 Å². The SMILES string of the molecule is CCCCCOc1cc(CC)c(C(=O)N=C(N)N)cc1S(C)(=O)=O. The van der Waals surface area contributed by atoms with Crippen molar-refractivity contribution in [2.75, 3.05) is 12.9 Å². The highest BCUT2D eigenvalue weighted by molar-refractivity contribution is 7.90. The van der Waals surface area contributed by atoms with Crippen LogP contribution in [0.5, 0.6) is 5.75 Å². The van der Waals surface area contributed by atoms with E-state index in [4.69, 9.17) is 16.2 Å². The first-order chi connectivity index (χ1) is 11.2. The van der Waals surface area contributed by atoms with Crippen LogP contribution in [0.15, 0.2) is 22.0 Å². The fourth-order valence-corrected chi connectivity index (χ4v) is 3.02. The first-order valence-electron chi connectivity index (χ1n) is 7.84. The van der Waals surface area contributed by atoms with Crippen LogP contribution in [0.1, 0.15) is 49.0 Å². The van der Waals surface area contributed by atoms with E-state index in [1.165, 1.54) is 6.07 Å². The summed E-state index contributed by atoms with van der Waals surface area (Å²) in [4.78, 5) is 15.6. The lowest BCUT2D eigenvalue weighted by Gasteiger charge is -2.14. The number of carbonyl (C=O) groups excluding carboxylic acids is 1. The molecule has 4 N–H and O–H groups in total. The van der Waals surface area contributed by atoms with Gasteiger partial charge in [-0.2, -0.15) is 4.99 Å². The van der Waals surface area contributed by atoms with Crippen molar-refractivity contribution in [2.24, 2.45) is 16.5 Å². The number of unbranched alkanes of at least 4 members (excludes halogenated alkanes) is 2. The van der Waals surface area contributed by atoms with Crippen molar-refractivity contribution < 1.29 is 17.9 Å². The van der Waals surface area contributed by atoms with E-state index in [2.05, 4.69) is 11.9 Å². The Morgan fingerprint density at radius 2 is 1.88 bits per heavy atom. The van der Waals surface area contributed by atoms with Gasteiger partial charge in [0.1, 0.15) is 10.6 Å². The summed E-state index contributed by atoms with van der Waals surface area (Å²) in [5, 5.41) is 0. The molecule has 0 radical (unpaired) electrons. The molecule has 0 fully saturated rings. The number of ether oxygens (including phenoxy) is 1. The molecule has 0 unspecified atom stereocenters. The fourth-order valence-electron chi connectivity index (χ4n) is 2.21. The quantitative estimate of drug-likeness (QED) is 0.415. The Bertz CT molecular complexity index is 723. The molecular formula is C16H25N3O4S. The number of hydrogen-bond acceptors (Lipinski definition) is 4. The van der Waals surface area contributed by atoms with Crippen LogP contribution >= 0.6 is 0 Å². The van der Waals surface area contributed by atoms with E-state index in [9.17, 15) is 13.2 Å². The Labute approximate surface area is 143 Å². The number of nitrogens with zero attached hydrogens (tertiary/aromatic N) is 1. The zero-order valence-electron chi connectivity index (χ0n) is 14.3. The number of aryl methyl sites for hydroxylation is 1. The second kappa shape index (κ2) is 8.68. The van der Waals surface area contributed by atoms with Gasteiger partial charge in [-0.15, -0.1) is 0 Å². The summed E-state index contributed by atoms with van der Waals surface area (Å²) in [5.74, 6) is -0.788. The Balaban J connectivity index is 3.35. The minimum absolute atomic E-state index is 0.0367. The number of aliphatic imine (C=N–C) groups is 1. The fraction of sp³-hybridized carbons (Fsp3) is 0.500. The Kier molecular flexibility index (Phi) is 7.21. The third kappa shape index (κ3) is 5.52. The van der Waals surface area contributed by atoms with Crippen LogP contribution in [0.2, 0.25) is 0 Å². The van der Waals surface area contributed by atoms with Crippen LogP contribution in [0.25, 0.3) is 0 Å². The van der Waals surface area contributed by atoms with E-state index >= 15 is 0 Å². The van der Waals surface area contributed by atoms with E-state index in [-0.39, 0.29) is 22.2 Å². The normalized spacial score (nSPS) is 11.1. The van der Waals surface area contributed by atoms with E-state index in [1.54, 1.807) is 6.07 Å². The number of hydrogen-bond donors (Lipinski definition) is 2. The van der Waals surface area contributed by atoms with Gasteiger partial charge < -0.3 is 16.2 Å². The molecule has 7 nitrogen and oxygen atoms in total. The molecule has 1 aromatic rings. The Morgan fingerprint density at radius 3 is 2.38 bits per heavy atom. The van der Waals surface area contributed by atoms with Crippen LogP contribution in [-0.4, -0.2) is 33.1 Å². The van der Waals surface area contributed by atoms with Gasteiger partial charge in [-0.05, 0) is 30.5 Å². The Morgan fingerprint density at radius 1 is 1.21 bits per heavy atom. The van der Waals surface area contributed by atoms with E-state index in [0.29, 0.717) is 18.6 Å². The number of amides is 1. The second-order valence-electron chi connectivity index (χ2n) is 5.48.